The van der Waals surface area contributed by atoms with Crippen LogP contribution in [0.5, 0.6) is 0 Å². The van der Waals surface area contributed by atoms with Gasteiger partial charge in [-0.25, -0.2) is 0 Å². The summed E-state index contributed by atoms with van der Waals surface area (Å²) in [5.74, 6) is 0. The largest absolute Gasteiger partial charge is 0.310 e. The van der Waals surface area contributed by atoms with Crippen LogP contribution in [0.4, 0.5) is 34.1 Å². The van der Waals surface area contributed by atoms with Gasteiger partial charge < -0.3 is 9.80 Å². The van der Waals surface area contributed by atoms with E-state index in [0.29, 0.717) is 0 Å². The average molecular weight is 725 g/mol. The molecule has 0 aliphatic heterocycles. The topological polar surface area (TPSA) is 6.48 Å². The van der Waals surface area contributed by atoms with Gasteiger partial charge in [0.25, 0.3) is 0 Å². The maximum absolute atomic E-state index is 2.43. The summed E-state index contributed by atoms with van der Waals surface area (Å²) >= 11 is 3.77. The zero-order chi connectivity index (χ0) is 35.6. The summed E-state index contributed by atoms with van der Waals surface area (Å²) in [7, 11) is 0. The number of hydrogen-bond acceptors (Lipinski definition) is 4. The molecule has 0 spiro atoms. The molecule has 0 saturated heterocycles. The van der Waals surface area contributed by atoms with Gasteiger partial charge in [0.05, 0.1) is 0 Å². The standard InChI is InChI=1S/C50H32N2S2/c1-3-15-37(16-4-1)51(39-21-19-33-11-7-9-13-35(33)27-39)41-23-25-47-43(29-41)45-31-50-46(32-49(45)53-47)44-30-42(24-26-48(44)54-50)52(38-17-5-2-6-18-38)40-22-20-34-12-8-10-14-36(34)28-40/h1-32H. The predicted octanol–water partition coefficient (Wildman–Crippen LogP) is 15.7. The summed E-state index contributed by atoms with van der Waals surface area (Å²) in [6, 6.07) is 70.9. The van der Waals surface area contributed by atoms with Crippen molar-refractivity contribution < 1.29 is 0 Å². The van der Waals surface area contributed by atoms with Gasteiger partial charge in [-0.15, -0.1) is 22.7 Å². The Balaban J connectivity index is 1.05. The van der Waals surface area contributed by atoms with Crippen LogP contribution >= 0.6 is 22.7 Å². The van der Waals surface area contributed by atoms with E-state index in [4.69, 9.17) is 0 Å². The van der Waals surface area contributed by atoms with E-state index in [9.17, 15) is 0 Å². The molecule has 0 N–H and O–H groups in total. The maximum atomic E-state index is 2.43. The first-order valence-corrected chi connectivity index (χ1v) is 19.9. The predicted molar refractivity (Wildman–Crippen MR) is 237 cm³/mol. The molecule has 11 rings (SSSR count). The Kier molecular flexibility index (Phi) is 7.25. The Morgan fingerprint density at radius 3 is 1.04 bits per heavy atom. The number of fused-ring (bicyclic) bond motifs is 8. The van der Waals surface area contributed by atoms with Crippen molar-refractivity contribution in [3.8, 4) is 0 Å². The molecule has 0 amide bonds. The van der Waals surface area contributed by atoms with Gasteiger partial charge in [0.2, 0.25) is 0 Å². The highest BCUT2D eigenvalue weighted by Crippen LogP contribution is 2.46. The number of hydrogen-bond donors (Lipinski definition) is 0. The lowest BCUT2D eigenvalue weighted by Gasteiger charge is -2.26. The van der Waals surface area contributed by atoms with Crippen molar-refractivity contribution in [1.29, 1.82) is 0 Å². The molecule has 54 heavy (non-hydrogen) atoms. The molecule has 0 saturated carbocycles. The zero-order valence-electron chi connectivity index (χ0n) is 29.2. The second-order valence-corrected chi connectivity index (χ2v) is 16.0. The monoisotopic (exact) mass is 724 g/mol. The number of rotatable bonds is 6. The van der Waals surface area contributed by atoms with Crippen molar-refractivity contribution in [2.45, 2.75) is 0 Å². The second kappa shape index (κ2) is 12.6. The van der Waals surface area contributed by atoms with Crippen LogP contribution in [0.25, 0.3) is 61.9 Å². The second-order valence-electron chi connectivity index (χ2n) is 13.8. The first kappa shape index (κ1) is 31.1. The third-order valence-electron chi connectivity index (χ3n) is 10.6. The molecular weight excluding hydrogens is 693 g/mol. The molecule has 0 aliphatic carbocycles. The van der Waals surface area contributed by atoms with E-state index in [-0.39, 0.29) is 0 Å². The van der Waals surface area contributed by atoms with Crippen molar-refractivity contribution in [3.63, 3.8) is 0 Å². The number of benzene rings is 9. The van der Waals surface area contributed by atoms with Gasteiger partial charge in [0, 0.05) is 74.5 Å². The van der Waals surface area contributed by atoms with Crippen molar-refractivity contribution in [1.82, 2.24) is 0 Å². The minimum atomic E-state index is 1.14. The SMILES string of the molecule is c1ccc(N(c2ccc3ccccc3c2)c2ccc3sc4cc5c(cc4c3c2)sc2ccc(N(c3ccccc3)c3ccc4ccccc4c3)cc25)cc1. The first-order valence-electron chi connectivity index (χ1n) is 18.2. The smallest absolute Gasteiger partial charge is 0.0468 e. The van der Waals surface area contributed by atoms with Crippen molar-refractivity contribution in [2.75, 3.05) is 9.80 Å². The first-order chi connectivity index (χ1) is 26.7. The Morgan fingerprint density at radius 2 is 0.593 bits per heavy atom. The molecule has 9 aromatic carbocycles. The normalized spacial score (nSPS) is 11.7. The van der Waals surface area contributed by atoms with E-state index in [2.05, 4.69) is 204 Å². The van der Waals surface area contributed by atoms with Gasteiger partial charge in [-0.1, -0.05) is 97.1 Å². The molecule has 0 radical (unpaired) electrons. The molecule has 0 aliphatic rings. The van der Waals surface area contributed by atoms with Crippen LogP contribution in [0.1, 0.15) is 0 Å². The van der Waals surface area contributed by atoms with E-state index in [1.807, 2.05) is 22.7 Å². The number of para-hydroxylation sites is 2. The highest BCUT2D eigenvalue weighted by atomic mass is 32.1. The highest BCUT2D eigenvalue weighted by Gasteiger charge is 2.18. The summed E-state index contributed by atoms with van der Waals surface area (Å²) in [4.78, 5) is 4.76. The molecule has 2 heterocycles. The van der Waals surface area contributed by atoms with E-state index in [1.54, 1.807) is 0 Å². The van der Waals surface area contributed by atoms with Crippen molar-refractivity contribution >= 4 is 119 Å². The zero-order valence-corrected chi connectivity index (χ0v) is 30.8. The minimum absolute atomic E-state index is 1.14. The van der Waals surface area contributed by atoms with Gasteiger partial charge >= 0.3 is 0 Å². The average Bonchev–Trinajstić information content (AvgIpc) is 3.77. The Bertz CT molecular complexity index is 2960. The summed E-state index contributed by atoms with van der Waals surface area (Å²) in [5.41, 5.74) is 6.88. The molecule has 0 atom stereocenters. The van der Waals surface area contributed by atoms with Crippen LogP contribution in [0, 0.1) is 0 Å². The lowest BCUT2D eigenvalue weighted by Crippen LogP contribution is -2.09. The maximum Gasteiger partial charge on any atom is 0.0468 e. The summed E-state index contributed by atoms with van der Waals surface area (Å²) in [6.45, 7) is 0. The van der Waals surface area contributed by atoms with E-state index >= 15 is 0 Å². The van der Waals surface area contributed by atoms with Crippen LogP contribution < -0.4 is 9.80 Å². The van der Waals surface area contributed by atoms with Crippen LogP contribution in [-0.2, 0) is 0 Å². The quantitative estimate of drug-likeness (QED) is 0.168. The fourth-order valence-corrected chi connectivity index (χ4v) is 10.2. The summed E-state index contributed by atoms with van der Waals surface area (Å²) in [6.07, 6.45) is 0. The molecule has 0 bridgehead atoms. The van der Waals surface area contributed by atoms with Crippen LogP contribution in [-0.4, -0.2) is 0 Å². The highest BCUT2D eigenvalue weighted by molar-refractivity contribution is 7.27. The Hall–Kier alpha value is -6.46. The van der Waals surface area contributed by atoms with Crippen LogP contribution in [0.15, 0.2) is 194 Å². The van der Waals surface area contributed by atoms with Crippen LogP contribution in [0.2, 0.25) is 0 Å². The third kappa shape index (κ3) is 5.22. The van der Waals surface area contributed by atoms with E-state index in [1.165, 1.54) is 61.9 Å². The van der Waals surface area contributed by atoms with E-state index < -0.39 is 0 Å². The fourth-order valence-electron chi connectivity index (χ4n) is 7.98. The lowest BCUT2D eigenvalue weighted by molar-refractivity contribution is 1.30. The summed E-state index contributed by atoms with van der Waals surface area (Å²) in [5, 5.41) is 10.2. The molecule has 0 fully saturated rings. The Morgan fingerprint density at radius 1 is 0.241 bits per heavy atom. The number of thiophene rings is 2. The van der Waals surface area contributed by atoms with Gasteiger partial charge in [-0.2, -0.15) is 0 Å². The van der Waals surface area contributed by atoms with Crippen molar-refractivity contribution in [3.05, 3.63) is 194 Å². The van der Waals surface area contributed by atoms with Gasteiger partial charge in [-0.3, -0.25) is 0 Å². The van der Waals surface area contributed by atoms with Gasteiger partial charge in [-0.05, 0) is 119 Å². The molecule has 2 nitrogen and oxygen atoms in total. The third-order valence-corrected chi connectivity index (χ3v) is 12.8. The molecule has 2 aromatic heterocycles. The molecule has 0 unspecified atom stereocenters. The van der Waals surface area contributed by atoms with Crippen LogP contribution in [0.3, 0.4) is 0 Å². The molecular formula is C50H32N2S2. The number of anilines is 6. The Labute approximate surface area is 321 Å². The summed E-state index contributed by atoms with van der Waals surface area (Å²) < 4.78 is 5.22. The van der Waals surface area contributed by atoms with E-state index in [0.717, 1.165) is 34.1 Å². The fraction of sp³-hybridized carbons (Fsp3) is 0. The number of nitrogens with zero attached hydrogens (tertiary/aromatic N) is 2. The van der Waals surface area contributed by atoms with Gasteiger partial charge in [0.1, 0.15) is 0 Å². The molecule has 11 aromatic rings. The van der Waals surface area contributed by atoms with Crippen molar-refractivity contribution in [2.24, 2.45) is 0 Å². The lowest BCUT2D eigenvalue weighted by atomic mass is 10.1. The molecule has 254 valence electrons. The van der Waals surface area contributed by atoms with Gasteiger partial charge in [0.15, 0.2) is 0 Å². The minimum Gasteiger partial charge on any atom is -0.310 e. The molecule has 4 heteroatoms.